The van der Waals surface area contributed by atoms with Crippen molar-refractivity contribution >= 4 is 38.5 Å². The second-order valence-corrected chi connectivity index (χ2v) is 5.37. The van der Waals surface area contributed by atoms with Crippen molar-refractivity contribution in [3.63, 3.8) is 0 Å². The summed E-state index contributed by atoms with van der Waals surface area (Å²) in [5.41, 5.74) is 7.80. The molecule has 0 aliphatic rings. The van der Waals surface area contributed by atoms with Gasteiger partial charge < -0.3 is 5.73 Å². The number of fused-ring (bicyclic) bond motifs is 1. The highest BCUT2D eigenvalue weighted by molar-refractivity contribution is 9.10. The maximum Gasteiger partial charge on any atom is 0.187 e. The lowest BCUT2D eigenvalue weighted by Gasteiger charge is -2.19. The van der Waals surface area contributed by atoms with Gasteiger partial charge in [0.1, 0.15) is 4.60 Å². The molecule has 0 saturated carbocycles. The minimum atomic E-state index is 0.295. The molecule has 0 atom stereocenters. The number of nitrogens with zero attached hydrogens (tertiary/aromatic N) is 4. The molecule has 2 heterocycles. The molecule has 3 aromatic rings. The Morgan fingerprint density at radius 2 is 2.05 bits per heavy atom. The maximum absolute atomic E-state index is 6.06. The Labute approximate surface area is 129 Å². The largest absolute Gasteiger partial charge is 0.381 e. The van der Waals surface area contributed by atoms with Crippen LogP contribution in [-0.2, 0) is 6.54 Å². The van der Waals surface area contributed by atoms with Gasteiger partial charge in [-0.25, -0.2) is 15.8 Å². The molecule has 106 valence electrons. The van der Waals surface area contributed by atoms with Crippen LogP contribution in [-0.4, -0.2) is 15.0 Å². The Morgan fingerprint density at radius 3 is 2.90 bits per heavy atom. The van der Waals surface area contributed by atoms with E-state index in [1.807, 2.05) is 30.3 Å². The molecule has 0 saturated heterocycles. The second kappa shape index (κ2) is 5.63. The van der Waals surface area contributed by atoms with Crippen LogP contribution in [0.3, 0.4) is 0 Å². The van der Waals surface area contributed by atoms with Crippen molar-refractivity contribution < 1.29 is 0 Å². The van der Waals surface area contributed by atoms with Gasteiger partial charge in [0.2, 0.25) is 0 Å². The number of hydrogen-bond donors (Lipinski definition) is 2. The zero-order valence-corrected chi connectivity index (χ0v) is 12.7. The first-order valence-corrected chi connectivity index (χ1v) is 7.07. The summed E-state index contributed by atoms with van der Waals surface area (Å²) in [5, 5.41) is 2.54. The van der Waals surface area contributed by atoms with Gasteiger partial charge in [-0.2, -0.15) is 0 Å². The van der Waals surface area contributed by atoms with Gasteiger partial charge in [-0.15, -0.1) is 0 Å². The van der Waals surface area contributed by atoms with Crippen LogP contribution in [0.15, 0.2) is 47.3 Å². The van der Waals surface area contributed by atoms with Crippen molar-refractivity contribution in [2.75, 3.05) is 10.7 Å². The summed E-state index contributed by atoms with van der Waals surface area (Å²) in [6.07, 6.45) is 3.31. The number of hydrogen-bond acceptors (Lipinski definition) is 6. The van der Waals surface area contributed by atoms with E-state index in [0.29, 0.717) is 22.8 Å². The van der Waals surface area contributed by atoms with Gasteiger partial charge in [0.25, 0.3) is 0 Å². The van der Waals surface area contributed by atoms with Gasteiger partial charge in [0, 0.05) is 11.6 Å². The van der Waals surface area contributed by atoms with Crippen molar-refractivity contribution in [1.82, 2.24) is 15.0 Å². The van der Waals surface area contributed by atoms with Crippen molar-refractivity contribution in [1.29, 1.82) is 0 Å². The van der Waals surface area contributed by atoms with Crippen molar-refractivity contribution in [2.24, 2.45) is 5.84 Å². The number of nitrogen functional groups attached to an aromatic ring is 1. The molecule has 0 bridgehead atoms. The normalized spacial score (nSPS) is 10.8. The smallest absolute Gasteiger partial charge is 0.187 e. The van der Waals surface area contributed by atoms with E-state index >= 15 is 0 Å². The Hall–Kier alpha value is -2.25. The number of aromatic nitrogens is 3. The number of anilines is 2. The first-order chi connectivity index (χ1) is 10.1. The van der Waals surface area contributed by atoms with Crippen LogP contribution in [0, 0.1) is 0 Å². The van der Waals surface area contributed by atoms with Crippen LogP contribution in [0.5, 0.6) is 0 Å². The van der Waals surface area contributed by atoms with E-state index in [0.717, 1.165) is 16.5 Å². The Bertz CT molecular complexity index is 791. The highest BCUT2D eigenvalue weighted by atomic mass is 79.9. The molecule has 0 aliphatic heterocycles. The molecule has 3 rings (SSSR count). The molecule has 0 amide bonds. The number of pyridine rings is 1. The Morgan fingerprint density at radius 1 is 1.19 bits per heavy atom. The van der Waals surface area contributed by atoms with Crippen LogP contribution >= 0.6 is 15.9 Å². The van der Waals surface area contributed by atoms with E-state index in [1.165, 1.54) is 11.2 Å². The summed E-state index contributed by atoms with van der Waals surface area (Å²) in [6, 6.07) is 9.92. The zero-order chi connectivity index (χ0) is 14.8. The molecular weight excluding hydrogens is 332 g/mol. The second-order valence-electron chi connectivity index (χ2n) is 4.56. The number of nitrogens with two attached hydrogens (primary N) is 2. The number of benzene rings is 1. The minimum Gasteiger partial charge on any atom is -0.381 e. The molecule has 1 aromatic carbocycles. The quantitative estimate of drug-likeness (QED) is 0.559. The summed E-state index contributed by atoms with van der Waals surface area (Å²) in [4.78, 5) is 12.6. The van der Waals surface area contributed by atoms with E-state index in [-0.39, 0.29) is 0 Å². The number of rotatable bonds is 3. The molecule has 0 unspecified atom stereocenters. The van der Waals surface area contributed by atoms with Crippen LogP contribution in [0.25, 0.3) is 10.9 Å². The molecular formula is C14H13BrN6. The summed E-state index contributed by atoms with van der Waals surface area (Å²) in [6.45, 7) is 0.472. The zero-order valence-electron chi connectivity index (χ0n) is 11.1. The fraction of sp³-hybridized carbons (Fsp3) is 0.0714. The lowest BCUT2D eigenvalue weighted by Crippen LogP contribution is -2.32. The average Bonchev–Trinajstić information content (AvgIpc) is 2.49. The monoisotopic (exact) mass is 344 g/mol. The van der Waals surface area contributed by atoms with Crippen LogP contribution in [0.4, 0.5) is 11.6 Å². The molecule has 0 aliphatic carbocycles. The van der Waals surface area contributed by atoms with E-state index < -0.39 is 0 Å². The van der Waals surface area contributed by atoms with Gasteiger partial charge in [-0.1, -0.05) is 12.1 Å². The molecule has 0 fully saturated rings. The molecule has 2 aromatic heterocycles. The third-order valence-electron chi connectivity index (χ3n) is 3.04. The molecule has 0 spiro atoms. The molecule has 0 radical (unpaired) electrons. The molecule has 7 heteroatoms. The van der Waals surface area contributed by atoms with Gasteiger partial charge in [-0.05, 0) is 39.7 Å². The minimum absolute atomic E-state index is 0.295. The lowest BCUT2D eigenvalue weighted by molar-refractivity contribution is 0.828. The van der Waals surface area contributed by atoms with Gasteiger partial charge in [-0.3, -0.25) is 9.99 Å². The summed E-state index contributed by atoms with van der Waals surface area (Å²) >= 11 is 3.26. The highest BCUT2D eigenvalue weighted by Crippen LogP contribution is 2.21. The lowest BCUT2D eigenvalue weighted by atomic mass is 10.1. The van der Waals surface area contributed by atoms with E-state index in [1.54, 1.807) is 6.20 Å². The average molecular weight is 345 g/mol. The fourth-order valence-corrected chi connectivity index (χ4v) is 2.34. The summed E-state index contributed by atoms with van der Waals surface area (Å²) in [5.74, 6) is 6.79. The van der Waals surface area contributed by atoms with Gasteiger partial charge in [0.05, 0.1) is 18.3 Å². The van der Waals surface area contributed by atoms with Crippen molar-refractivity contribution in [3.05, 3.63) is 52.9 Å². The topological polar surface area (TPSA) is 94.0 Å². The third-order valence-corrected chi connectivity index (χ3v) is 3.43. The van der Waals surface area contributed by atoms with Crippen molar-refractivity contribution in [2.45, 2.75) is 6.54 Å². The van der Waals surface area contributed by atoms with E-state index in [9.17, 15) is 0 Å². The van der Waals surface area contributed by atoms with E-state index in [4.69, 9.17) is 11.6 Å². The Balaban J connectivity index is 1.88. The maximum atomic E-state index is 6.06. The van der Waals surface area contributed by atoms with Gasteiger partial charge in [0.15, 0.2) is 11.6 Å². The SMILES string of the molecule is Nc1ncc(Br)nc1N(N)Cc1ccc2ncccc2c1. The van der Waals surface area contributed by atoms with Crippen LogP contribution in [0.1, 0.15) is 5.56 Å². The summed E-state index contributed by atoms with van der Waals surface area (Å²) in [7, 11) is 0. The van der Waals surface area contributed by atoms with Crippen LogP contribution < -0.4 is 16.6 Å². The summed E-state index contributed by atoms with van der Waals surface area (Å²) < 4.78 is 0.588. The standard InChI is InChI=1S/C14H13BrN6/c15-12-7-19-13(16)14(20-12)21(17)8-9-3-4-11-10(6-9)2-1-5-18-11/h1-7H,8,17H2,(H2,16,19). The molecule has 6 nitrogen and oxygen atoms in total. The third kappa shape index (κ3) is 2.93. The Kier molecular flexibility index (Phi) is 3.68. The van der Waals surface area contributed by atoms with Gasteiger partial charge >= 0.3 is 0 Å². The predicted octanol–water partition coefficient (Wildman–Crippen LogP) is 2.25. The first-order valence-electron chi connectivity index (χ1n) is 6.27. The van der Waals surface area contributed by atoms with Crippen LogP contribution in [0.2, 0.25) is 0 Å². The molecule has 21 heavy (non-hydrogen) atoms. The van der Waals surface area contributed by atoms with E-state index in [2.05, 4.69) is 30.9 Å². The fourth-order valence-electron chi connectivity index (χ4n) is 2.07. The first kappa shape index (κ1) is 13.7. The molecule has 4 N–H and O–H groups in total. The predicted molar refractivity (Wildman–Crippen MR) is 86.3 cm³/mol. The number of hydrazine groups is 1. The highest BCUT2D eigenvalue weighted by Gasteiger charge is 2.10. The van der Waals surface area contributed by atoms with Crippen molar-refractivity contribution in [3.8, 4) is 0 Å². The number of halogens is 1.